The van der Waals surface area contributed by atoms with Gasteiger partial charge in [0.1, 0.15) is 5.75 Å². The Morgan fingerprint density at radius 3 is 2.62 bits per heavy atom. The number of amides is 1. The lowest BCUT2D eigenvalue weighted by molar-refractivity contribution is -0.123. The van der Waals surface area contributed by atoms with E-state index in [1.165, 1.54) is 11.1 Å². The standard InChI is InChI=1S/C24H31N3O2/c1-17-6-5-7-20(23(17)29-2)16-27-14-11-18(12-15-27)22(21-8-3-4-13-25-21)26-24(28)19-9-10-19/h3-8,13,18-19,22H,9-12,14-16H2,1-2H3,(H,26,28)/t22-/m0/s1. The molecule has 2 aliphatic rings. The third-order valence-electron chi connectivity index (χ3n) is 6.25. The van der Waals surface area contributed by atoms with Gasteiger partial charge in [0.05, 0.1) is 18.8 Å². The van der Waals surface area contributed by atoms with Gasteiger partial charge in [-0.15, -0.1) is 0 Å². The fraction of sp³-hybridized carbons (Fsp3) is 0.500. The van der Waals surface area contributed by atoms with Gasteiger partial charge in [-0.05, 0) is 69.3 Å². The average Bonchev–Trinajstić information content (AvgIpc) is 3.59. The molecule has 154 valence electrons. The Hall–Kier alpha value is -2.40. The van der Waals surface area contributed by atoms with E-state index in [4.69, 9.17) is 4.74 Å². The highest BCUT2D eigenvalue weighted by Gasteiger charge is 2.35. The van der Waals surface area contributed by atoms with Crippen LogP contribution in [0.4, 0.5) is 0 Å². The molecule has 2 heterocycles. The van der Waals surface area contributed by atoms with Gasteiger partial charge in [0.2, 0.25) is 5.91 Å². The minimum absolute atomic E-state index is 0.0138. The molecule has 1 saturated carbocycles. The maximum absolute atomic E-state index is 12.5. The van der Waals surface area contributed by atoms with Crippen LogP contribution in [0.5, 0.6) is 5.75 Å². The minimum atomic E-state index is 0.0138. The fourth-order valence-corrected chi connectivity index (χ4v) is 4.42. The smallest absolute Gasteiger partial charge is 0.223 e. The van der Waals surface area contributed by atoms with Crippen molar-refractivity contribution in [1.82, 2.24) is 15.2 Å². The first-order chi connectivity index (χ1) is 14.2. The monoisotopic (exact) mass is 393 g/mol. The average molecular weight is 394 g/mol. The summed E-state index contributed by atoms with van der Waals surface area (Å²) in [6.07, 6.45) is 5.99. The van der Waals surface area contributed by atoms with Gasteiger partial charge in [-0.2, -0.15) is 0 Å². The molecule has 29 heavy (non-hydrogen) atoms. The summed E-state index contributed by atoms with van der Waals surface area (Å²) >= 11 is 0. The van der Waals surface area contributed by atoms with E-state index in [2.05, 4.69) is 40.3 Å². The number of nitrogens with one attached hydrogen (secondary N) is 1. The summed E-state index contributed by atoms with van der Waals surface area (Å²) in [5.41, 5.74) is 3.41. The second-order valence-corrected chi connectivity index (χ2v) is 8.40. The van der Waals surface area contributed by atoms with Crippen LogP contribution in [0.2, 0.25) is 0 Å². The lowest BCUT2D eigenvalue weighted by atomic mass is 9.87. The van der Waals surface area contributed by atoms with Crippen LogP contribution in [-0.4, -0.2) is 36.0 Å². The topological polar surface area (TPSA) is 54.5 Å². The molecule has 2 fully saturated rings. The van der Waals surface area contributed by atoms with E-state index in [1.54, 1.807) is 7.11 Å². The van der Waals surface area contributed by atoms with E-state index < -0.39 is 0 Å². The van der Waals surface area contributed by atoms with Gasteiger partial charge in [0, 0.05) is 24.2 Å². The highest BCUT2D eigenvalue weighted by molar-refractivity contribution is 5.81. The summed E-state index contributed by atoms with van der Waals surface area (Å²) in [4.78, 5) is 19.5. The predicted octanol–water partition coefficient (Wildman–Crippen LogP) is 3.88. The van der Waals surface area contributed by atoms with Gasteiger partial charge < -0.3 is 10.1 Å². The minimum Gasteiger partial charge on any atom is -0.496 e. The third-order valence-corrected chi connectivity index (χ3v) is 6.25. The molecule has 1 aromatic carbocycles. The SMILES string of the molecule is COc1c(C)cccc1CN1CCC([C@H](NC(=O)C2CC2)c2ccccn2)CC1. The van der Waals surface area contributed by atoms with Crippen LogP contribution in [0.1, 0.15) is 48.5 Å². The number of nitrogens with zero attached hydrogens (tertiary/aromatic N) is 2. The second kappa shape index (κ2) is 8.95. The molecule has 1 amide bonds. The molecule has 1 aliphatic heterocycles. The number of likely N-dealkylation sites (tertiary alicyclic amines) is 1. The van der Waals surface area contributed by atoms with Crippen molar-refractivity contribution in [2.75, 3.05) is 20.2 Å². The molecule has 2 aromatic rings. The van der Waals surface area contributed by atoms with Crippen molar-refractivity contribution in [3.8, 4) is 5.75 Å². The molecule has 0 spiro atoms. The Bertz CT molecular complexity index is 827. The van der Waals surface area contributed by atoms with Crippen molar-refractivity contribution in [2.45, 2.75) is 45.2 Å². The van der Waals surface area contributed by atoms with E-state index in [9.17, 15) is 4.79 Å². The van der Waals surface area contributed by atoms with E-state index in [1.807, 2.05) is 24.4 Å². The van der Waals surface area contributed by atoms with Gasteiger partial charge in [0.15, 0.2) is 0 Å². The summed E-state index contributed by atoms with van der Waals surface area (Å²) in [6.45, 7) is 5.03. The Balaban J connectivity index is 1.41. The summed E-state index contributed by atoms with van der Waals surface area (Å²) in [7, 11) is 1.75. The highest BCUT2D eigenvalue weighted by atomic mass is 16.5. The maximum Gasteiger partial charge on any atom is 0.223 e. The molecule has 0 radical (unpaired) electrons. The van der Waals surface area contributed by atoms with Crippen LogP contribution in [-0.2, 0) is 11.3 Å². The number of para-hydroxylation sites is 1. The first-order valence-electron chi connectivity index (χ1n) is 10.7. The summed E-state index contributed by atoms with van der Waals surface area (Å²) < 4.78 is 5.62. The number of hydrogen-bond acceptors (Lipinski definition) is 4. The van der Waals surface area contributed by atoms with E-state index in [-0.39, 0.29) is 17.9 Å². The zero-order valence-corrected chi connectivity index (χ0v) is 17.4. The number of ether oxygens (including phenoxy) is 1. The van der Waals surface area contributed by atoms with Gasteiger partial charge in [-0.3, -0.25) is 14.7 Å². The molecule has 1 aromatic heterocycles. The number of carbonyl (C=O) groups is 1. The van der Waals surface area contributed by atoms with Crippen LogP contribution in [0.3, 0.4) is 0 Å². The molecule has 1 aliphatic carbocycles. The number of carbonyl (C=O) groups excluding carboxylic acids is 1. The number of pyridine rings is 1. The number of aromatic nitrogens is 1. The van der Waals surface area contributed by atoms with Crippen molar-refractivity contribution in [3.63, 3.8) is 0 Å². The Kier molecular flexibility index (Phi) is 6.14. The van der Waals surface area contributed by atoms with Crippen molar-refractivity contribution in [2.24, 2.45) is 11.8 Å². The summed E-state index contributed by atoms with van der Waals surface area (Å²) in [5, 5.41) is 3.32. The molecule has 1 atom stereocenters. The molecular formula is C24H31N3O2. The number of aryl methyl sites for hydroxylation is 1. The van der Waals surface area contributed by atoms with Crippen LogP contribution < -0.4 is 10.1 Å². The maximum atomic E-state index is 12.5. The van der Waals surface area contributed by atoms with Crippen molar-refractivity contribution in [1.29, 1.82) is 0 Å². The van der Waals surface area contributed by atoms with Crippen molar-refractivity contribution < 1.29 is 9.53 Å². The van der Waals surface area contributed by atoms with Gasteiger partial charge in [-0.1, -0.05) is 24.3 Å². The van der Waals surface area contributed by atoms with Crippen molar-refractivity contribution >= 4 is 5.91 Å². The molecule has 1 N–H and O–H groups in total. The first-order valence-corrected chi connectivity index (χ1v) is 10.7. The van der Waals surface area contributed by atoms with Gasteiger partial charge in [0.25, 0.3) is 0 Å². The quantitative estimate of drug-likeness (QED) is 0.776. The number of benzene rings is 1. The molecule has 1 saturated heterocycles. The molecule has 0 bridgehead atoms. The first kappa shape index (κ1) is 19.9. The largest absolute Gasteiger partial charge is 0.496 e. The number of rotatable bonds is 7. The number of piperidine rings is 1. The normalized spacial score (nSPS) is 19.0. The Labute approximate surface area is 173 Å². The highest BCUT2D eigenvalue weighted by Crippen LogP contribution is 2.34. The number of hydrogen-bond donors (Lipinski definition) is 1. The number of methoxy groups -OCH3 is 1. The lowest BCUT2D eigenvalue weighted by Crippen LogP contribution is -2.41. The molecule has 5 heteroatoms. The van der Waals surface area contributed by atoms with Crippen molar-refractivity contribution in [3.05, 3.63) is 59.4 Å². The molecular weight excluding hydrogens is 362 g/mol. The van der Waals surface area contributed by atoms with Crippen LogP contribution in [0.25, 0.3) is 0 Å². The Morgan fingerprint density at radius 2 is 1.97 bits per heavy atom. The van der Waals surface area contributed by atoms with Crippen LogP contribution in [0, 0.1) is 18.8 Å². The van der Waals surface area contributed by atoms with Crippen LogP contribution >= 0.6 is 0 Å². The molecule has 5 nitrogen and oxygen atoms in total. The van der Waals surface area contributed by atoms with Crippen LogP contribution in [0.15, 0.2) is 42.6 Å². The van der Waals surface area contributed by atoms with E-state index >= 15 is 0 Å². The van der Waals surface area contributed by atoms with E-state index in [0.29, 0.717) is 5.92 Å². The lowest BCUT2D eigenvalue weighted by Gasteiger charge is -2.36. The zero-order chi connectivity index (χ0) is 20.2. The fourth-order valence-electron chi connectivity index (χ4n) is 4.42. The van der Waals surface area contributed by atoms with Gasteiger partial charge >= 0.3 is 0 Å². The van der Waals surface area contributed by atoms with E-state index in [0.717, 1.165) is 56.8 Å². The van der Waals surface area contributed by atoms with Gasteiger partial charge in [-0.25, -0.2) is 0 Å². The Morgan fingerprint density at radius 1 is 1.17 bits per heavy atom. The summed E-state index contributed by atoms with van der Waals surface area (Å²) in [6, 6.07) is 12.4. The third kappa shape index (κ3) is 4.78. The zero-order valence-electron chi connectivity index (χ0n) is 17.4. The summed E-state index contributed by atoms with van der Waals surface area (Å²) in [5.74, 6) is 1.84. The second-order valence-electron chi connectivity index (χ2n) is 8.40. The molecule has 4 rings (SSSR count). The molecule has 0 unspecified atom stereocenters. The predicted molar refractivity (Wildman–Crippen MR) is 114 cm³/mol.